The fourth-order valence-electron chi connectivity index (χ4n) is 1.30. The van der Waals surface area contributed by atoms with Gasteiger partial charge in [0, 0.05) is 12.1 Å². The number of phenolic OH excluding ortho intramolecular Hbond substituents is 1. The van der Waals surface area contributed by atoms with Crippen LogP contribution in [0.2, 0.25) is 0 Å². The number of nitrogens with two attached hydrogens (primary N) is 1. The Morgan fingerprint density at radius 3 is 2.87 bits per heavy atom. The molecule has 0 saturated carbocycles. The number of phenols is 1. The van der Waals surface area contributed by atoms with Gasteiger partial charge in [0.05, 0.1) is 13.0 Å². The summed E-state index contributed by atoms with van der Waals surface area (Å²) in [6, 6.07) is 3.35. The molecule has 1 aromatic carbocycles. The van der Waals surface area contributed by atoms with Crippen LogP contribution >= 0.6 is 0 Å². The molecule has 0 aliphatic rings. The van der Waals surface area contributed by atoms with Crippen LogP contribution in [-0.4, -0.2) is 24.7 Å². The average Bonchev–Trinajstić information content (AvgIpc) is 2.23. The van der Waals surface area contributed by atoms with E-state index in [4.69, 9.17) is 5.73 Å². The van der Waals surface area contributed by atoms with Crippen molar-refractivity contribution >= 4 is 5.97 Å². The smallest absolute Gasteiger partial charge is 0.314 e. The largest absolute Gasteiger partial charge is 0.508 e. The lowest BCUT2D eigenvalue weighted by Crippen LogP contribution is -2.23. The minimum absolute atomic E-state index is 0.0519. The number of halogens is 1. The SMILES string of the molecule is COC(=O)C(CN)c1cc(F)ccc1O. The summed E-state index contributed by atoms with van der Waals surface area (Å²) in [4.78, 5) is 11.3. The lowest BCUT2D eigenvalue weighted by Gasteiger charge is -2.13. The van der Waals surface area contributed by atoms with Crippen LogP contribution in [0.15, 0.2) is 18.2 Å². The van der Waals surface area contributed by atoms with Crippen LogP contribution in [0, 0.1) is 5.82 Å². The van der Waals surface area contributed by atoms with Crippen molar-refractivity contribution in [2.24, 2.45) is 5.73 Å². The Labute approximate surface area is 86.5 Å². The molecule has 0 aliphatic carbocycles. The molecule has 0 radical (unpaired) electrons. The second-order valence-corrected chi connectivity index (χ2v) is 3.01. The van der Waals surface area contributed by atoms with Gasteiger partial charge < -0.3 is 15.6 Å². The first kappa shape index (κ1) is 11.5. The van der Waals surface area contributed by atoms with Crippen LogP contribution in [0.4, 0.5) is 4.39 Å². The molecule has 0 saturated heterocycles. The van der Waals surface area contributed by atoms with E-state index in [1.165, 1.54) is 13.2 Å². The standard InChI is InChI=1S/C10H12FNO3/c1-15-10(14)8(5-12)7-4-6(11)2-3-9(7)13/h2-4,8,13H,5,12H2,1H3. The zero-order valence-corrected chi connectivity index (χ0v) is 8.24. The number of aromatic hydroxyl groups is 1. The topological polar surface area (TPSA) is 72.5 Å². The van der Waals surface area contributed by atoms with Crippen molar-refractivity contribution in [1.82, 2.24) is 0 Å². The second-order valence-electron chi connectivity index (χ2n) is 3.01. The molecule has 0 spiro atoms. The highest BCUT2D eigenvalue weighted by Gasteiger charge is 2.23. The maximum Gasteiger partial charge on any atom is 0.314 e. The molecule has 0 heterocycles. The highest BCUT2D eigenvalue weighted by atomic mass is 19.1. The fourth-order valence-corrected chi connectivity index (χ4v) is 1.30. The van der Waals surface area contributed by atoms with Crippen molar-refractivity contribution in [3.63, 3.8) is 0 Å². The molecule has 0 amide bonds. The van der Waals surface area contributed by atoms with Crippen molar-refractivity contribution in [2.75, 3.05) is 13.7 Å². The summed E-state index contributed by atoms with van der Waals surface area (Å²) in [6.07, 6.45) is 0. The van der Waals surface area contributed by atoms with Gasteiger partial charge in [-0.3, -0.25) is 4.79 Å². The Morgan fingerprint density at radius 1 is 1.67 bits per heavy atom. The maximum atomic E-state index is 12.9. The molecule has 0 bridgehead atoms. The first-order valence-electron chi connectivity index (χ1n) is 4.36. The van der Waals surface area contributed by atoms with Crippen LogP contribution in [0.1, 0.15) is 11.5 Å². The molecule has 1 atom stereocenters. The molecule has 0 aromatic heterocycles. The van der Waals surface area contributed by atoms with Gasteiger partial charge in [0.1, 0.15) is 11.6 Å². The number of hydrogen-bond donors (Lipinski definition) is 2. The van der Waals surface area contributed by atoms with Gasteiger partial charge in [0.15, 0.2) is 0 Å². The summed E-state index contributed by atoms with van der Waals surface area (Å²) >= 11 is 0. The lowest BCUT2D eigenvalue weighted by molar-refractivity contribution is -0.142. The number of benzene rings is 1. The van der Waals surface area contributed by atoms with E-state index in [9.17, 15) is 14.3 Å². The van der Waals surface area contributed by atoms with Gasteiger partial charge in [-0.2, -0.15) is 0 Å². The van der Waals surface area contributed by atoms with E-state index in [1.54, 1.807) is 0 Å². The average molecular weight is 213 g/mol. The third-order valence-electron chi connectivity index (χ3n) is 2.09. The van der Waals surface area contributed by atoms with Crippen LogP contribution in [0.5, 0.6) is 5.75 Å². The Bertz CT molecular complexity index is 368. The van der Waals surface area contributed by atoms with Crippen molar-refractivity contribution in [3.05, 3.63) is 29.6 Å². The highest BCUT2D eigenvalue weighted by Crippen LogP contribution is 2.26. The van der Waals surface area contributed by atoms with Gasteiger partial charge in [-0.25, -0.2) is 4.39 Å². The molecule has 3 N–H and O–H groups in total. The number of methoxy groups -OCH3 is 1. The van der Waals surface area contributed by atoms with E-state index in [-0.39, 0.29) is 17.9 Å². The molecular formula is C10H12FNO3. The normalized spacial score (nSPS) is 12.2. The molecule has 0 aliphatic heterocycles. The Morgan fingerprint density at radius 2 is 2.33 bits per heavy atom. The number of rotatable bonds is 3. The summed E-state index contributed by atoms with van der Waals surface area (Å²) in [6.45, 7) is -0.0519. The molecule has 4 nitrogen and oxygen atoms in total. The fraction of sp³-hybridized carbons (Fsp3) is 0.300. The van der Waals surface area contributed by atoms with E-state index < -0.39 is 17.7 Å². The summed E-state index contributed by atoms with van der Waals surface area (Å²) in [5.41, 5.74) is 5.51. The lowest BCUT2D eigenvalue weighted by atomic mass is 9.98. The molecular weight excluding hydrogens is 201 g/mol. The van der Waals surface area contributed by atoms with E-state index >= 15 is 0 Å². The third-order valence-corrected chi connectivity index (χ3v) is 2.09. The molecule has 82 valence electrons. The van der Waals surface area contributed by atoms with Crippen LogP contribution in [0.3, 0.4) is 0 Å². The molecule has 15 heavy (non-hydrogen) atoms. The van der Waals surface area contributed by atoms with E-state index in [0.29, 0.717) is 0 Å². The summed E-state index contributed by atoms with van der Waals surface area (Å²) < 4.78 is 17.4. The Balaban J connectivity index is 3.11. The zero-order chi connectivity index (χ0) is 11.4. The van der Waals surface area contributed by atoms with Crippen molar-refractivity contribution in [1.29, 1.82) is 0 Å². The van der Waals surface area contributed by atoms with Gasteiger partial charge in [0.25, 0.3) is 0 Å². The molecule has 0 fully saturated rings. The molecule has 1 unspecified atom stereocenters. The number of esters is 1. The first-order valence-corrected chi connectivity index (χ1v) is 4.36. The quantitative estimate of drug-likeness (QED) is 0.726. The van der Waals surface area contributed by atoms with E-state index in [2.05, 4.69) is 4.74 Å². The molecule has 1 aromatic rings. The number of carbonyl (C=O) groups is 1. The van der Waals surface area contributed by atoms with E-state index in [1.807, 2.05) is 0 Å². The minimum Gasteiger partial charge on any atom is -0.508 e. The first-order chi connectivity index (χ1) is 7.10. The Kier molecular flexibility index (Phi) is 3.62. The van der Waals surface area contributed by atoms with Gasteiger partial charge in [-0.1, -0.05) is 0 Å². The zero-order valence-electron chi connectivity index (χ0n) is 8.24. The van der Waals surface area contributed by atoms with Gasteiger partial charge in [-0.15, -0.1) is 0 Å². The predicted molar refractivity (Wildman–Crippen MR) is 51.9 cm³/mol. The summed E-state index contributed by atoms with van der Waals surface area (Å²) in [7, 11) is 1.21. The highest BCUT2D eigenvalue weighted by molar-refractivity contribution is 5.79. The minimum atomic E-state index is -0.842. The van der Waals surface area contributed by atoms with E-state index in [0.717, 1.165) is 12.1 Å². The van der Waals surface area contributed by atoms with Crippen molar-refractivity contribution in [3.8, 4) is 5.75 Å². The predicted octanol–water partition coefficient (Wildman–Crippen LogP) is 0.747. The van der Waals surface area contributed by atoms with Crippen LogP contribution in [-0.2, 0) is 9.53 Å². The summed E-state index contributed by atoms with van der Waals surface area (Å²) in [5.74, 6) is -2.15. The molecule has 5 heteroatoms. The van der Waals surface area contributed by atoms with Crippen molar-refractivity contribution < 1.29 is 19.0 Å². The van der Waals surface area contributed by atoms with Crippen molar-refractivity contribution in [2.45, 2.75) is 5.92 Å². The van der Waals surface area contributed by atoms with Crippen LogP contribution < -0.4 is 5.73 Å². The maximum absolute atomic E-state index is 12.9. The second kappa shape index (κ2) is 4.75. The van der Waals surface area contributed by atoms with Gasteiger partial charge in [-0.05, 0) is 18.2 Å². The number of carbonyl (C=O) groups excluding carboxylic acids is 1. The van der Waals surface area contributed by atoms with Gasteiger partial charge in [0.2, 0.25) is 0 Å². The monoisotopic (exact) mass is 213 g/mol. The van der Waals surface area contributed by atoms with Gasteiger partial charge >= 0.3 is 5.97 Å². The van der Waals surface area contributed by atoms with Crippen LogP contribution in [0.25, 0.3) is 0 Å². The molecule has 1 rings (SSSR count). The number of hydrogen-bond acceptors (Lipinski definition) is 4. The third kappa shape index (κ3) is 2.44. The summed E-state index contributed by atoms with van der Waals surface area (Å²) in [5, 5.41) is 9.45. The number of ether oxygens (including phenoxy) is 1. The Hall–Kier alpha value is -1.62.